The van der Waals surface area contributed by atoms with Crippen LogP contribution in [0.25, 0.3) is 0 Å². The Morgan fingerprint density at radius 3 is 1.23 bits per heavy atom. The summed E-state index contributed by atoms with van der Waals surface area (Å²) < 4.78 is 0. The van der Waals surface area contributed by atoms with Crippen LogP contribution in [0.2, 0.25) is 0 Å². The van der Waals surface area contributed by atoms with Gasteiger partial charge in [0.05, 0.1) is 0 Å². The van der Waals surface area contributed by atoms with Crippen molar-refractivity contribution >= 4 is 33.8 Å². The molecule has 0 radical (unpaired) electrons. The summed E-state index contributed by atoms with van der Waals surface area (Å²) in [7, 11) is 4.33. The highest BCUT2D eigenvalue weighted by Crippen LogP contribution is 2.15. The molecule has 0 amide bonds. The second-order valence-electron chi connectivity index (χ2n) is 13.7. The second kappa shape index (κ2) is 38.2. The Morgan fingerprint density at radius 2 is 0.809 bits per heavy atom. The van der Waals surface area contributed by atoms with Crippen LogP contribution in [0.5, 0.6) is 0 Å². The molecular formula is C41H78N2O2S2. The molecule has 0 saturated carbocycles. The quantitative estimate of drug-likeness (QED) is 0.0480. The number of allylic oxidation sites excluding steroid dienone is 2. The molecule has 6 heteroatoms. The van der Waals surface area contributed by atoms with Crippen LogP contribution in [0, 0.1) is 0 Å². The minimum atomic E-state index is 0.364. The zero-order chi connectivity index (χ0) is 34.5. The van der Waals surface area contributed by atoms with E-state index in [4.69, 9.17) is 0 Å². The summed E-state index contributed by atoms with van der Waals surface area (Å²) in [6.45, 7) is 9.34. The molecule has 0 heterocycles. The number of thioether (sulfide) groups is 2. The van der Waals surface area contributed by atoms with Crippen molar-refractivity contribution in [1.82, 2.24) is 9.80 Å². The topological polar surface area (TPSA) is 40.6 Å². The van der Waals surface area contributed by atoms with E-state index < -0.39 is 0 Å². The van der Waals surface area contributed by atoms with Gasteiger partial charge in [-0.15, -0.1) is 0 Å². The molecule has 0 aliphatic heterocycles. The van der Waals surface area contributed by atoms with Crippen molar-refractivity contribution in [3.8, 4) is 0 Å². The molecule has 0 unspecified atom stereocenters. The predicted molar refractivity (Wildman–Crippen MR) is 215 cm³/mol. The first kappa shape index (κ1) is 46.4. The number of rotatable bonds is 36. The molecule has 0 N–H and O–H groups in total. The van der Waals surface area contributed by atoms with Crippen molar-refractivity contribution in [2.24, 2.45) is 0 Å². The predicted octanol–water partition coefficient (Wildman–Crippen LogP) is 12.3. The molecule has 0 saturated heterocycles. The summed E-state index contributed by atoms with van der Waals surface area (Å²) in [5.41, 5.74) is 0. The Balaban J connectivity index is 3.99. The van der Waals surface area contributed by atoms with Crippen LogP contribution in [0.4, 0.5) is 0 Å². The minimum absolute atomic E-state index is 0.364. The van der Waals surface area contributed by atoms with Crippen LogP contribution < -0.4 is 0 Å². The molecule has 0 aromatic carbocycles. The van der Waals surface area contributed by atoms with Gasteiger partial charge >= 0.3 is 0 Å². The van der Waals surface area contributed by atoms with E-state index in [1.165, 1.54) is 172 Å². The average Bonchev–Trinajstić information content (AvgIpc) is 3.05. The fourth-order valence-electron chi connectivity index (χ4n) is 5.72. The Labute approximate surface area is 302 Å². The van der Waals surface area contributed by atoms with Gasteiger partial charge in [0.15, 0.2) is 10.2 Å². The monoisotopic (exact) mass is 695 g/mol. The van der Waals surface area contributed by atoms with E-state index in [1.54, 1.807) is 0 Å². The minimum Gasteiger partial charge on any atom is -0.309 e. The highest BCUT2D eigenvalue weighted by molar-refractivity contribution is 8.14. The smallest absolute Gasteiger partial charge is 0.189 e. The number of carbonyl (C=O) groups excluding carboxylic acids is 2. The van der Waals surface area contributed by atoms with Gasteiger partial charge in [0, 0.05) is 24.3 Å². The van der Waals surface area contributed by atoms with E-state index in [1.807, 2.05) is 0 Å². The third-order valence-corrected chi connectivity index (χ3v) is 10.5. The van der Waals surface area contributed by atoms with Crippen LogP contribution in [0.15, 0.2) is 24.3 Å². The lowest BCUT2D eigenvalue weighted by Gasteiger charge is -2.22. The first-order valence-corrected chi connectivity index (χ1v) is 21.9. The van der Waals surface area contributed by atoms with Gasteiger partial charge < -0.3 is 9.80 Å². The number of unbranched alkanes of at least 4 members (excludes halogenated alkanes) is 18. The van der Waals surface area contributed by atoms with E-state index in [-0.39, 0.29) is 0 Å². The first-order chi connectivity index (χ1) is 23.0. The van der Waals surface area contributed by atoms with Gasteiger partial charge in [-0.1, -0.05) is 145 Å². The largest absolute Gasteiger partial charge is 0.309 e. The molecular weight excluding hydrogens is 617 g/mol. The van der Waals surface area contributed by atoms with Gasteiger partial charge in [0.25, 0.3) is 0 Å². The fraction of sp³-hybridized carbons (Fsp3) is 0.854. The molecule has 0 aromatic rings. The molecule has 0 atom stereocenters. The van der Waals surface area contributed by atoms with Gasteiger partial charge in [-0.2, -0.15) is 0 Å². The third-order valence-electron chi connectivity index (χ3n) is 8.75. The van der Waals surface area contributed by atoms with Crippen molar-refractivity contribution in [2.75, 3.05) is 51.8 Å². The lowest BCUT2D eigenvalue weighted by atomic mass is 10.1. The van der Waals surface area contributed by atoms with Crippen molar-refractivity contribution in [2.45, 2.75) is 174 Å². The van der Waals surface area contributed by atoms with E-state index in [9.17, 15) is 9.59 Å². The molecule has 276 valence electrons. The second-order valence-corrected chi connectivity index (χ2v) is 15.9. The Kier molecular flexibility index (Phi) is 37.8. The van der Waals surface area contributed by atoms with Crippen LogP contribution in [-0.4, -0.2) is 71.8 Å². The molecule has 47 heavy (non-hydrogen) atoms. The maximum Gasteiger partial charge on any atom is 0.189 e. The van der Waals surface area contributed by atoms with E-state index in [0.29, 0.717) is 10.2 Å². The molecule has 0 aliphatic rings. The van der Waals surface area contributed by atoms with Crippen LogP contribution in [0.3, 0.4) is 0 Å². The summed E-state index contributed by atoms with van der Waals surface area (Å²) >= 11 is 2.99. The maximum atomic E-state index is 12.2. The fourth-order valence-corrected chi connectivity index (χ4v) is 7.14. The zero-order valence-electron chi connectivity index (χ0n) is 31.8. The maximum absolute atomic E-state index is 12.2. The molecule has 0 bridgehead atoms. The van der Waals surface area contributed by atoms with Gasteiger partial charge in [0.2, 0.25) is 0 Å². The summed E-state index contributed by atoms with van der Waals surface area (Å²) in [5, 5.41) is 0.727. The lowest BCUT2D eigenvalue weighted by Crippen LogP contribution is -2.27. The van der Waals surface area contributed by atoms with Crippen LogP contribution >= 0.6 is 23.5 Å². The van der Waals surface area contributed by atoms with Crippen molar-refractivity contribution in [1.29, 1.82) is 0 Å². The highest BCUT2D eigenvalue weighted by Gasteiger charge is 2.07. The van der Waals surface area contributed by atoms with E-state index >= 15 is 0 Å². The van der Waals surface area contributed by atoms with Crippen LogP contribution in [0.1, 0.15) is 174 Å². The SMILES string of the molecule is CCCCCCC=CCSC(=O)CCCCCCCN(CCCCCCCC(=O)SCC=CCCCCCC)CCCCCN(C)C. The third kappa shape index (κ3) is 38.1. The summed E-state index contributed by atoms with van der Waals surface area (Å²) in [6.07, 6.45) is 39.1. The Morgan fingerprint density at radius 1 is 0.447 bits per heavy atom. The van der Waals surface area contributed by atoms with Crippen LogP contribution in [-0.2, 0) is 9.59 Å². The number of hydrogen-bond donors (Lipinski definition) is 0. The Hall–Kier alpha value is -0.560. The molecule has 0 aliphatic carbocycles. The summed E-state index contributed by atoms with van der Waals surface area (Å²) in [6, 6.07) is 0. The number of nitrogens with zero attached hydrogens (tertiary/aromatic N) is 2. The van der Waals surface area contributed by atoms with Crippen molar-refractivity contribution < 1.29 is 9.59 Å². The van der Waals surface area contributed by atoms with Gasteiger partial charge in [-0.25, -0.2) is 0 Å². The molecule has 0 aromatic heterocycles. The normalized spacial score (nSPS) is 12.0. The van der Waals surface area contributed by atoms with Crippen molar-refractivity contribution in [3.05, 3.63) is 24.3 Å². The first-order valence-electron chi connectivity index (χ1n) is 20.0. The van der Waals surface area contributed by atoms with Gasteiger partial charge in [-0.3, -0.25) is 9.59 Å². The molecule has 0 rings (SSSR count). The zero-order valence-corrected chi connectivity index (χ0v) is 33.4. The van der Waals surface area contributed by atoms with E-state index in [0.717, 1.165) is 50.0 Å². The average molecular weight is 695 g/mol. The molecule has 0 fully saturated rings. The van der Waals surface area contributed by atoms with Gasteiger partial charge in [-0.05, 0) is 104 Å². The lowest BCUT2D eigenvalue weighted by molar-refractivity contribution is -0.111. The molecule has 4 nitrogen and oxygen atoms in total. The van der Waals surface area contributed by atoms with Crippen molar-refractivity contribution in [3.63, 3.8) is 0 Å². The number of carbonyl (C=O) groups is 2. The summed E-state index contributed by atoms with van der Waals surface area (Å²) in [5.74, 6) is 1.68. The van der Waals surface area contributed by atoms with Gasteiger partial charge in [0.1, 0.15) is 0 Å². The number of hydrogen-bond acceptors (Lipinski definition) is 6. The highest BCUT2D eigenvalue weighted by atomic mass is 32.2. The summed E-state index contributed by atoms with van der Waals surface area (Å²) in [4.78, 5) is 29.4. The van der Waals surface area contributed by atoms with E-state index in [2.05, 4.69) is 62.0 Å². The Bertz CT molecular complexity index is 689. The standard InChI is InChI=1S/C41H78N2O2S2/c1-5-7-9-11-13-21-30-38-46-40(44)32-24-17-15-19-27-35-43(37-29-23-26-34-42(3)4)36-28-20-16-18-25-33-41(45)47-39-31-22-14-12-10-8-6-2/h21-22,30-31H,5-20,23-29,32-39H2,1-4H3. The molecule has 0 spiro atoms.